The molecule has 0 aliphatic carbocycles. The van der Waals surface area contributed by atoms with Crippen LogP contribution in [0.1, 0.15) is 12.0 Å². The van der Waals surface area contributed by atoms with Crippen molar-refractivity contribution in [2.45, 2.75) is 13.3 Å². The maximum absolute atomic E-state index is 12.0. The number of carbonyl (C=O) groups excluding carboxylic acids is 2. The number of amides is 2. The van der Waals surface area contributed by atoms with Crippen LogP contribution < -0.4 is 10.2 Å². The van der Waals surface area contributed by atoms with Gasteiger partial charge >= 0.3 is 0 Å². The lowest BCUT2D eigenvalue weighted by atomic mass is 10.1. The molecule has 2 rings (SSSR count). The smallest absolute Gasteiger partial charge is 0.227 e. The number of rotatable bonds is 5. The monoisotopic (exact) mass is 276 g/mol. The second-order valence-electron chi connectivity index (χ2n) is 5.02. The van der Waals surface area contributed by atoms with Crippen LogP contribution in [0.15, 0.2) is 24.3 Å². The van der Waals surface area contributed by atoms with Gasteiger partial charge in [0.1, 0.15) is 0 Å². The fraction of sp³-hybridized carbons (Fsp3) is 0.467. The molecule has 0 bridgehead atoms. The summed E-state index contributed by atoms with van der Waals surface area (Å²) in [5, 5.41) is 2.78. The zero-order valence-corrected chi connectivity index (χ0v) is 11.9. The average molecular weight is 276 g/mol. The first kappa shape index (κ1) is 14.5. The quantitative estimate of drug-likeness (QED) is 0.820. The number of ether oxygens (including phenoxy) is 1. The lowest BCUT2D eigenvalue weighted by molar-refractivity contribution is -0.126. The summed E-state index contributed by atoms with van der Waals surface area (Å²) in [6.45, 7) is 3.40. The van der Waals surface area contributed by atoms with Crippen molar-refractivity contribution in [2.24, 2.45) is 5.92 Å². The van der Waals surface area contributed by atoms with Gasteiger partial charge in [0.2, 0.25) is 11.8 Å². The highest BCUT2D eigenvalue weighted by molar-refractivity contribution is 6.00. The lowest BCUT2D eigenvalue weighted by Crippen LogP contribution is -2.34. The first-order valence-electron chi connectivity index (χ1n) is 6.75. The molecule has 1 heterocycles. The fourth-order valence-electron chi connectivity index (χ4n) is 2.28. The Morgan fingerprint density at radius 3 is 2.75 bits per heavy atom. The van der Waals surface area contributed by atoms with Gasteiger partial charge in [-0.15, -0.1) is 0 Å². The van der Waals surface area contributed by atoms with Crippen molar-refractivity contribution >= 4 is 17.5 Å². The van der Waals surface area contributed by atoms with Crippen LogP contribution in [-0.2, 0) is 14.3 Å². The van der Waals surface area contributed by atoms with Crippen molar-refractivity contribution in [3.63, 3.8) is 0 Å². The van der Waals surface area contributed by atoms with Crippen LogP contribution in [0.2, 0.25) is 0 Å². The van der Waals surface area contributed by atoms with Gasteiger partial charge in [-0.3, -0.25) is 9.59 Å². The molecule has 0 aromatic heterocycles. The van der Waals surface area contributed by atoms with Gasteiger partial charge < -0.3 is 15.0 Å². The maximum Gasteiger partial charge on any atom is 0.227 e. The Balaban J connectivity index is 1.96. The van der Waals surface area contributed by atoms with E-state index in [0.717, 1.165) is 11.3 Å². The summed E-state index contributed by atoms with van der Waals surface area (Å²) < 4.78 is 4.89. The first-order chi connectivity index (χ1) is 9.61. The fourth-order valence-corrected chi connectivity index (χ4v) is 2.28. The summed E-state index contributed by atoms with van der Waals surface area (Å²) in [5.41, 5.74) is 2.00. The van der Waals surface area contributed by atoms with Gasteiger partial charge in [-0.05, 0) is 19.1 Å². The molecule has 5 heteroatoms. The average Bonchev–Trinajstić information content (AvgIpc) is 2.82. The molecule has 1 saturated heterocycles. The normalized spacial score (nSPS) is 18.4. The Labute approximate surface area is 118 Å². The molecule has 0 radical (unpaired) electrons. The molecular formula is C15H20N2O3. The number of nitrogens with zero attached hydrogens (tertiary/aromatic N) is 1. The number of benzene rings is 1. The predicted molar refractivity (Wildman–Crippen MR) is 76.5 cm³/mol. The number of hydrogen-bond acceptors (Lipinski definition) is 3. The molecule has 0 unspecified atom stereocenters. The van der Waals surface area contributed by atoms with Crippen LogP contribution >= 0.6 is 0 Å². The molecule has 20 heavy (non-hydrogen) atoms. The van der Waals surface area contributed by atoms with Crippen LogP contribution in [-0.4, -0.2) is 38.6 Å². The largest absolute Gasteiger partial charge is 0.383 e. The van der Waals surface area contributed by atoms with Crippen LogP contribution in [0.25, 0.3) is 0 Å². The number of anilines is 1. The van der Waals surface area contributed by atoms with E-state index >= 15 is 0 Å². The zero-order valence-electron chi connectivity index (χ0n) is 11.9. The molecule has 2 amide bonds. The second-order valence-corrected chi connectivity index (χ2v) is 5.02. The highest BCUT2D eigenvalue weighted by atomic mass is 16.5. The van der Waals surface area contributed by atoms with Gasteiger partial charge in [0.25, 0.3) is 0 Å². The number of hydrogen-bond donors (Lipinski definition) is 1. The van der Waals surface area contributed by atoms with Crippen molar-refractivity contribution in [2.75, 3.05) is 31.7 Å². The maximum atomic E-state index is 12.0. The summed E-state index contributed by atoms with van der Waals surface area (Å²) in [6, 6.07) is 7.76. The Bertz CT molecular complexity index is 484. The van der Waals surface area contributed by atoms with Crippen molar-refractivity contribution in [3.05, 3.63) is 29.8 Å². The van der Waals surface area contributed by atoms with E-state index in [1.165, 1.54) is 0 Å². The summed E-state index contributed by atoms with van der Waals surface area (Å²) >= 11 is 0. The van der Waals surface area contributed by atoms with E-state index in [1.54, 1.807) is 12.0 Å². The Hall–Kier alpha value is -1.88. The van der Waals surface area contributed by atoms with Crippen LogP contribution in [0.4, 0.5) is 5.69 Å². The molecule has 1 aromatic carbocycles. The summed E-state index contributed by atoms with van der Waals surface area (Å²) in [7, 11) is 1.59. The topological polar surface area (TPSA) is 58.6 Å². The number of methoxy groups -OCH3 is 1. The number of nitrogens with one attached hydrogen (secondary N) is 1. The molecule has 0 saturated carbocycles. The van der Waals surface area contributed by atoms with Gasteiger partial charge in [-0.25, -0.2) is 0 Å². The lowest BCUT2D eigenvalue weighted by Gasteiger charge is -2.17. The van der Waals surface area contributed by atoms with Crippen LogP contribution in [0.5, 0.6) is 0 Å². The summed E-state index contributed by atoms with van der Waals surface area (Å²) in [5.74, 6) is -0.355. The van der Waals surface area contributed by atoms with Gasteiger partial charge in [-0.2, -0.15) is 0 Å². The third-order valence-corrected chi connectivity index (χ3v) is 3.45. The zero-order chi connectivity index (χ0) is 14.5. The molecule has 1 N–H and O–H groups in total. The molecule has 1 atom stereocenters. The first-order valence-corrected chi connectivity index (χ1v) is 6.75. The summed E-state index contributed by atoms with van der Waals surface area (Å²) in [4.78, 5) is 25.7. The van der Waals surface area contributed by atoms with E-state index in [4.69, 9.17) is 4.74 Å². The third kappa shape index (κ3) is 3.36. The van der Waals surface area contributed by atoms with E-state index in [1.807, 2.05) is 31.2 Å². The Morgan fingerprint density at radius 1 is 1.40 bits per heavy atom. The van der Waals surface area contributed by atoms with Crippen molar-refractivity contribution in [3.8, 4) is 0 Å². The van der Waals surface area contributed by atoms with Gasteiger partial charge in [0, 0.05) is 32.3 Å². The highest BCUT2D eigenvalue weighted by Crippen LogP contribution is 2.25. The molecule has 1 aliphatic rings. The number of aryl methyl sites for hydroxylation is 1. The van der Waals surface area contributed by atoms with E-state index in [2.05, 4.69) is 5.32 Å². The molecule has 1 fully saturated rings. The van der Waals surface area contributed by atoms with Crippen molar-refractivity contribution < 1.29 is 14.3 Å². The van der Waals surface area contributed by atoms with E-state index in [9.17, 15) is 9.59 Å². The van der Waals surface area contributed by atoms with Gasteiger partial charge in [0.15, 0.2) is 0 Å². The van der Waals surface area contributed by atoms with Crippen LogP contribution in [0.3, 0.4) is 0 Å². The van der Waals surface area contributed by atoms with Gasteiger partial charge in [0.05, 0.1) is 12.5 Å². The molecule has 1 aromatic rings. The second kappa shape index (κ2) is 6.52. The molecule has 0 spiro atoms. The number of carbonyl (C=O) groups is 2. The SMILES string of the molecule is COCCNC(=O)[C@H]1CC(=O)N(c2ccc(C)cc2)C1. The van der Waals surface area contributed by atoms with Gasteiger partial charge in [-0.1, -0.05) is 17.7 Å². The van der Waals surface area contributed by atoms with E-state index in [0.29, 0.717) is 19.7 Å². The molecule has 108 valence electrons. The van der Waals surface area contributed by atoms with Crippen molar-refractivity contribution in [1.82, 2.24) is 5.32 Å². The molecule has 1 aliphatic heterocycles. The minimum absolute atomic E-state index is 0.000689. The summed E-state index contributed by atoms with van der Waals surface area (Å²) in [6.07, 6.45) is 0.271. The molecular weight excluding hydrogens is 256 g/mol. The van der Waals surface area contributed by atoms with Crippen LogP contribution in [0, 0.1) is 12.8 Å². The minimum Gasteiger partial charge on any atom is -0.383 e. The Kier molecular flexibility index (Phi) is 4.74. The minimum atomic E-state index is -0.277. The standard InChI is InChI=1S/C15H20N2O3/c1-11-3-5-13(6-4-11)17-10-12(9-14(17)18)15(19)16-7-8-20-2/h3-6,12H,7-10H2,1-2H3,(H,16,19)/t12-/m0/s1. The van der Waals surface area contributed by atoms with Crippen molar-refractivity contribution in [1.29, 1.82) is 0 Å². The van der Waals surface area contributed by atoms with E-state index < -0.39 is 0 Å². The highest BCUT2D eigenvalue weighted by Gasteiger charge is 2.34. The Morgan fingerprint density at radius 2 is 2.10 bits per heavy atom. The predicted octanol–water partition coefficient (Wildman–Crippen LogP) is 1.11. The third-order valence-electron chi connectivity index (χ3n) is 3.45. The van der Waals surface area contributed by atoms with E-state index in [-0.39, 0.29) is 24.2 Å². The molecule has 5 nitrogen and oxygen atoms in total.